The molecule has 0 bridgehead atoms. The predicted octanol–water partition coefficient (Wildman–Crippen LogP) is 1.99. The number of carbonyl (C=O) groups is 1. The van der Waals surface area contributed by atoms with Gasteiger partial charge in [0.1, 0.15) is 0 Å². The zero-order chi connectivity index (χ0) is 16.0. The summed E-state index contributed by atoms with van der Waals surface area (Å²) in [5.41, 5.74) is 8.74. The van der Waals surface area contributed by atoms with Crippen molar-refractivity contribution in [2.75, 3.05) is 13.1 Å². The lowest BCUT2D eigenvalue weighted by molar-refractivity contribution is 0.0779. The maximum atomic E-state index is 12.9. The molecule has 1 saturated carbocycles. The molecule has 23 heavy (non-hydrogen) atoms. The largest absolute Gasteiger partial charge is 0.338 e. The van der Waals surface area contributed by atoms with Crippen LogP contribution in [0.1, 0.15) is 28.9 Å². The van der Waals surface area contributed by atoms with E-state index in [-0.39, 0.29) is 11.9 Å². The van der Waals surface area contributed by atoms with Gasteiger partial charge in [0.2, 0.25) is 0 Å². The molecule has 1 aliphatic heterocycles. The predicted molar refractivity (Wildman–Crippen MR) is 88.4 cm³/mol. The van der Waals surface area contributed by atoms with Crippen molar-refractivity contribution in [1.82, 2.24) is 14.7 Å². The van der Waals surface area contributed by atoms with E-state index >= 15 is 0 Å². The molecule has 0 spiro atoms. The van der Waals surface area contributed by atoms with Crippen LogP contribution in [0.25, 0.3) is 5.69 Å². The molecule has 3 unspecified atom stereocenters. The van der Waals surface area contributed by atoms with Crippen LogP contribution in [0.5, 0.6) is 0 Å². The summed E-state index contributed by atoms with van der Waals surface area (Å²) >= 11 is 0. The summed E-state index contributed by atoms with van der Waals surface area (Å²) in [5.74, 6) is 1.15. The SMILES string of the molecule is Cc1c(C(=O)N2CC3CCC(N)C3C2)cnn1-c1ccccc1. The Bertz CT molecular complexity index is 724. The van der Waals surface area contributed by atoms with Crippen molar-refractivity contribution in [3.8, 4) is 5.69 Å². The molecule has 4 rings (SSSR count). The van der Waals surface area contributed by atoms with E-state index in [1.165, 1.54) is 0 Å². The van der Waals surface area contributed by atoms with Gasteiger partial charge in [0, 0.05) is 19.1 Å². The Balaban J connectivity index is 1.57. The Hall–Kier alpha value is -2.14. The third-order valence-electron chi connectivity index (χ3n) is 5.44. The molecule has 5 heteroatoms. The van der Waals surface area contributed by atoms with Gasteiger partial charge in [-0.3, -0.25) is 4.79 Å². The van der Waals surface area contributed by atoms with Crippen LogP contribution in [0, 0.1) is 18.8 Å². The van der Waals surface area contributed by atoms with Crippen LogP contribution in [-0.4, -0.2) is 39.7 Å². The van der Waals surface area contributed by atoms with Crippen LogP contribution in [-0.2, 0) is 0 Å². The molecule has 2 aromatic rings. The Morgan fingerprint density at radius 2 is 2.00 bits per heavy atom. The molecule has 5 nitrogen and oxygen atoms in total. The van der Waals surface area contributed by atoms with E-state index in [1.54, 1.807) is 6.20 Å². The van der Waals surface area contributed by atoms with E-state index in [2.05, 4.69) is 5.10 Å². The number of nitrogens with zero attached hydrogens (tertiary/aromatic N) is 3. The van der Waals surface area contributed by atoms with E-state index in [9.17, 15) is 4.79 Å². The first-order valence-corrected chi connectivity index (χ1v) is 8.30. The summed E-state index contributed by atoms with van der Waals surface area (Å²) < 4.78 is 1.83. The second-order valence-electron chi connectivity index (χ2n) is 6.77. The third kappa shape index (κ3) is 2.36. The minimum absolute atomic E-state index is 0.0891. The highest BCUT2D eigenvalue weighted by Gasteiger charge is 2.42. The Morgan fingerprint density at radius 1 is 1.22 bits per heavy atom. The third-order valence-corrected chi connectivity index (χ3v) is 5.44. The zero-order valence-electron chi connectivity index (χ0n) is 13.4. The van der Waals surface area contributed by atoms with Crippen molar-refractivity contribution >= 4 is 5.91 Å². The van der Waals surface area contributed by atoms with Gasteiger partial charge in [0.25, 0.3) is 5.91 Å². The number of fused-ring (bicyclic) bond motifs is 1. The van der Waals surface area contributed by atoms with E-state index < -0.39 is 0 Å². The van der Waals surface area contributed by atoms with Crippen molar-refractivity contribution in [2.45, 2.75) is 25.8 Å². The summed E-state index contributed by atoms with van der Waals surface area (Å²) in [6, 6.07) is 10.2. The molecule has 2 N–H and O–H groups in total. The summed E-state index contributed by atoms with van der Waals surface area (Å²) in [4.78, 5) is 14.8. The number of rotatable bonds is 2. The van der Waals surface area contributed by atoms with Crippen molar-refractivity contribution in [2.24, 2.45) is 17.6 Å². The van der Waals surface area contributed by atoms with Crippen LogP contribution in [0.4, 0.5) is 0 Å². The lowest BCUT2D eigenvalue weighted by atomic mass is 9.98. The maximum absolute atomic E-state index is 12.9. The molecule has 2 fully saturated rings. The number of hydrogen-bond acceptors (Lipinski definition) is 3. The number of carbonyl (C=O) groups excluding carboxylic acids is 1. The number of amides is 1. The number of nitrogens with two attached hydrogens (primary N) is 1. The lowest BCUT2D eigenvalue weighted by Gasteiger charge is -2.18. The monoisotopic (exact) mass is 310 g/mol. The van der Waals surface area contributed by atoms with Crippen molar-refractivity contribution in [3.05, 3.63) is 47.8 Å². The molecule has 2 heterocycles. The van der Waals surface area contributed by atoms with Crippen molar-refractivity contribution in [3.63, 3.8) is 0 Å². The number of likely N-dealkylation sites (tertiary alicyclic amines) is 1. The number of benzene rings is 1. The number of aromatic nitrogens is 2. The molecule has 120 valence electrons. The molecular formula is C18H22N4O. The fourth-order valence-electron chi connectivity index (χ4n) is 4.09. The number of hydrogen-bond donors (Lipinski definition) is 1. The average Bonchev–Trinajstić information content (AvgIpc) is 3.24. The fraction of sp³-hybridized carbons (Fsp3) is 0.444. The molecule has 3 atom stereocenters. The van der Waals surface area contributed by atoms with Crippen LogP contribution in [0.3, 0.4) is 0 Å². The minimum Gasteiger partial charge on any atom is -0.338 e. The van der Waals surface area contributed by atoms with E-state index in [0.29, 0.717) is 17.4 Å². The topological polar surface area (TPSA) is 64.2 Å². The zero-order valence-corrected chi connectivity index (χ0v) is 13.4. The van der Waals surface area contributed by atoms with Gasteiger partial charge in [-0.2, -0.15) is 5.10 Å². The Kier molecular flexibility index (Phi) is 3.45. The first-order valence-electron chi connectivity index (χ1n) is 8.30. The minimum atomic E-state index is 0.0891. The Morgan fingerprint density at radius 3 is 2.74 bits per heavy atom. The second-order valence-corrected chi connectivity index (χ2v) is 6.77. The van der Waals surface area contributed by atoms with Crippen LogP contribution in [0.15, 0.2) is 36.5 Å². The fourth-order valence-corrected chi connectivity index (χ4v) is 4.09. The number of para-hydroxylation sites is 1. The molecular weight excluding hydrogens is 288 g/mol. The molecule has 1 saturated heterocycles. The van der Waals surface area contributed by atoms with E-state index in [0.717, 1.165) is 37.3 Å². The first-order chi connectivity index (χ1) is 11.1. The van der Waals surface area contributed by atoms with Gasteiger partial charge in [0.05, 0.1) is 23.1 Å². The summed E-state index contributed by atoms with van der Waals surface area (Å²) in [6.45, 7) is 3.59. The Labute approximate surface area is 136 Å². The van der Waals surface area contributed by atoms with Gasteiger partial charge >= 0.3 is 0 Å². The standard InChI is InChI=1S/C18H22N4O/c1-12-15(9-20-22(12)14-5-3-2-4-6-14)18(23)21-10-13-7-8-17(19)16(13)11-21/h2-6,9,13,16-17H,7-8,10-11,19H2,1H3. The normalized spacial score (nSPS) is 26.5. The van der Waals surface area contributed by atoms with Gasteiger partial charge < -0.3 is 10.6 Å². The molecule has 1 amide bonds. The van der Waals surface area contributed by atoms with Crippen molar-refractivity contribution < 1.29 is 4.79 Å². The molecule has 1 aromatic carbocycles. The van der Waals surface area contributed by atoms with Gasteiger partial charge in [-0.25, -0.2) is 4.68 Å². The van der Waals surface area contributed by atoms with Gasteiger partial charge in [0.15, 0.2) is 0 Å². The van der Waals surface area contributed by atoms with Crippen molar-refractivity contribution in [1.29, 1.82) is 0 Å². The van der Waals surface area contributed by atoms with Crippen LogP contribution >= 0.6 is 0 Å². The average molecular weight is 310 g/mol. The molecule has 1 aromatic heterocycles. The highest BCUT2D eigenvalue weighted by molar-refractivity contribution is 5.95. The first kappa shape index (κ1) is 14.5. The quantitative estimate of drug-likeness (QED) is 0.922. The van der Waals surface area contributed by atoms with Gasteiger partial charge in [-0.15, -0.1) is 0 Å². The molecule has 0 radical (unpaired) electrons. The van der Waals surface area contributed by atoms with Crippen LogP contribution in [0.2, 0.25) is 0 Å². The lowest BCUT2D eigenvalue weighted by Crippen LogP contribution is -2.33. The summed E-state index contributed by atoms with van der Waals surface area (Å²) in [6.07, 6.45) is 3.94. The maximum Gasteiger partial charge on any atom is 0.257 e. The highest BCUT2D eigenvalue weighted by Crippen LogP contribution is 2.37. The van der Waals surface area contributed by atoms with E-state index in [4.69, 9.17) is 5.73 Å². The molecule has 2 aliphatic rings. The smallest absolute Gasteiger partial charge is 0.257 e. The van der Waals surface area contributed by atoms with Gasteiger partial charge in [-0.05, 0) is 43.7 Å². The highest BCUT2D eigenvalue weighted by atomic mass is 16.2. The summed E-state index contributed by atoms with van der Waals surface area (Å²) in [5, 5.41) is 4.41. The van der Waals surface area contributed by atoms with Crippen LogP contribution < -0.4 is 5.73 Å². The summed E-state index contributed by atoms with van der Waals surface area (Å²) in [7, 11) is 0. The van der Waals surface area contributed by atoms with E-state index in [1.807, 2.05) is 46.8 Å². The van der Waals surface area contributed by atoms with Gasteiger partial charge in [-0.1, -0.05) is 18.2 Å². The second kappa shape index (κ2) is 5.49. The molecule has 1 aliphatic carbocycles.